The molecular formula is C14H14ClNO2. The molecule has 0 aliphatic heterocycles. The second-order valence-electron chi connectivity index (χ2n) is 4.13. The number of halogens is 1. The summed E-state index contributed by atoms with van der Waals surface area (Å²) in [6.07, 6.45) is 1.87. The largest absolute Gasteiger partial charge is 0.477 e. The second kappa shape index (κ2) is 4.86. The number of aromatic nitrogens is 1. The Bertz CT molecular complexity index is 585. The first kappa shape index (κ1) is 12.7. The van der Waals surface area contributed by atoms with Gasteiger partial charge in [0.25, 0.3) is 0 Å². The number of aromatic carboxylic acids is 1. The Labute approximate surface area is 111 Å². The molecule has 0 unspecified atom stereocenters. The first-order valence-electron chi connectivity index (χ1n) is 5.73. The summed E-state index contributed by atoms with van der Waals surface area (Å²) in [4.78, 5) is 11.4. The number of nitrogens with zero attached hydrogens (tertiary/aromatic N) is 1. The van der Waals surface area contributed by atoms with Crippen LogP contribution in [0.25, 0.3) is 11.1 Å². The molecule has 2 rings (SSSR count). The third-order valence-corrected chi connectivity index (χ3v) is 3.20. The van der Waals surface area contributed by atoms with E-state index in [9.17, 15) is 9.90 Å². The van der Waals surface area contributed by atoms with Crippen LogP contribution >= 0.6 is 11.6 Å². The molecule has 2 aromatic rings. The van der Waals surface area contributed by atoms with Gasteiger partial charge < -0.3 is 9.67 Å². The molecule has 1 N–H and O–H groups in total. The standard InChI is InChI=1S/C14H14ClNO2/c1-3-16-8-9(2)12(13(16)14(17)18)10-4-6-11(15)7-5-10/h4-8H,3H2,1-2H3,(H,17,18). The normalized spacial score (nSPS) is 10.6. The molecule has 4 heteroatoms. The van der Waals surface area contributed by atoms with Crippen molar-refractivity contribution in [3.05, 3.63) is 46.7 Å². The van der Waals surface area contributed by atoms with Gasteiger partial charge in [-0.1, -0.05) is 23.7 Å². The Morgan fingerprint density at radius 1 is 1.33 bits per heavy atom. The van der Waals surface area contributed by atoms with Crippen molar-refractivity contribution < 1.29 is 9.90 Å². The summed E-state index contributed by atoms with van der Waals surface area (Å²) >= 11 is 5.85. The number of carboxylic acid groups (broad SMARTS) is 1. The summed E-state index contributed by atoms with van der Waals surface area (Å²) in [7, 11) is 0. The maximum absolute atomic E-state index is 11.4. The number of carbonyl (C=O) groups is 1. The lowest BCUT2D eigenvalue weighted by atomic mass is 10.0. The van der Waals surface area contributed by atoms with E-state index in [1.165, 1.54) is 0 Å². The highest BCUT2D eigenvalue weighted by Gasteiger charge is 2.19. The van der Waals surface area contributed by atoms with E-state index >= 15 is 0 Å². The molecule has 3 nitrogen and oxygen atoms in total. The van der Waals surface area contributed by atoms with E-state index in [-0.39, 0.29) is 0 Å². The van der Waals surface area contributed by atoms with Gasteiger partial charge in [-0.05, 0) is 37.1 Å². The zero-order valence-corrected chi connectivity index (χ0v) is 11.0. The summed E-state index contributed by atoms with van der Waals surface area (Å²) in [5.41, 5.74) is 2.93. The predicted molar refractivity (Wildman–Crippen MR) is 72.2 cm³/mol. The van der Waals surface area contributed by atoms with Gasteiger partial charge in [0.05, 0.1) is 0 Å². The fourth-order valence-corrected chi connectivity index (χ4v) is 2.28. The monoisotopic (exact) mass is 263 g/mol. The fourth-order valence-electron chi connectivity index (χ4n) is 2.15. The average Bonchev–Trinajstić information content (AvgIpc) is 2.67. The van der Waals surface area contributed by atoms with Crippen LogP contribution in [0.2, 0.25) is 5.02 Å². The molecule has 1 aromatic heterocycles. The van der Waals surface area contributed by atoms with Crippen molar-refractivity contribution in [2.75, 3.05) is 0 Å². The van der Waals surface area contributed by atoms with Crippen LogP contribution < -0.4 is 0 Å². The second-order valence-corrected chi connectivity index (χ2v) is 4.57. The lowest BCUT2D eigenvalue weighted by molar-refractivity contribution is 0.0686. The van der Waals surface area contributed by atoms with Gasteiger partial charge in [0.2, 0.25) is 0 Å². The summed E-state index contributed by atoms with van der Waals surface area (Å²) in [5.74, 6) is -0.908. The van der Waals surface area contributed by atoms with Crippen molar-refractivity contribution in [3.63, 3.8) is 0 Å². The lowest BCUT2D eigenvalue weighted by Crippen LogP contribution is -2.07. The van der Waals surface area contributed by atoms with Crippen LogP contribution in [0.4, 0.5) is 0 Å². The molecule has 0 aliphatic rings. The molecule has 0 aliphatic carbocycles. The van der Waals surface area contributed by atoms with E-state index in [0.29, 0.717) is 17.3 Å². The van der Waals surface area contributed by atoms with Crippen LogP contribution in [0, 0.1) is 6.92 Å². The van der Waals surface area contributed by atoms with Gasteiger partial charge in [-0.3, -0.25) is 0 Å². The average molecular weight is 264 g/mol. The molecule has 0 fully saturated rings. The maximum atomic E-state index is 11.4. The van der Waals surface area contributed by atoms with E-state index in [2.05, 4.69) is 0 Å². The minimum Gasteiger partial charge on any atom is -0.477 e. The summed E-state index contributed by atoms with van der Waals surface area (Å²) in [6, 6.07) is 7.23. The highest BCUT2D eigenvalue weighted by molar-refractivity contribution is 6.30. The fraction of sp³-hybridized carbons (Fsp3) is 0.214. The number of carboxylic acids is 1. The summed E-state index contributed by atoms with van der Waals surface area (Å²) in [6.45, 7) is 4.48. The molecule has 0 amide bonds. The Hall–Kier alpha value is -1.74. The van der Waals surface area contributed by atoms with Crippen molar-refractivity contribution in [2.45, 2.75) is 20.4 Å². The van der Waals surface area contributed by atoms with Crippen molar-refractivity contribution >= 4 is 17.6 Å². The number of rotatable bonds is 3. The van der Waals surface area contributed by atoms with Gasteiger partial charge >= 0.3 is 5.97 Å². The molecule has 18 heavy (non-hydrogen) atoms. The Morgan fingerprint density at radius 3 is 2.44 bits per heavy atom. The Kier molecular flexibility index (Phi) is 3.43. The van der Waals surface area contributed by atoms with Crippen LogP contribution in [0.1, 0.15) is 23.0 Å². The van der Waals surface area contributed by atoms with E-state index in [1.54, 1.807) is 16.7 Å². The summed E-state index contributed by atoms with van der Waals surface area (Å²) in [5, 5.41) is 10.0. The van der Waals surface area contributed by atoms with Gasteiger partial charge in [0.15, 0.2) is 0 Å². The number of hydrogen-bond acceptors (Lipinski definition) is 1. The smallest absolute Gasteiger partial charge is 0.353 e. The molecule has 0 saturated carbocycles. The predicted octanol–water partition coefficient (Wildman–Crippen LogP) is 3.84. The van der Waals surface area contributed by atoms with E-state index in [1.807, 2.05) is 32.2 Å². The van der Waals surface area contributed by atoms with Gasteiger partial charge in [0.1, 0.15) is 5.69 Å². The number of aryl methyl sites for hydroxylation is 2. The number of hydrogen-bond donors (Lipinski definition) is 1. The minimum absolute atomic E-state index is 0.331. The minimum atomic E-state index is -0.908. The van der Waals surface area contributed by atoms with Gasteiger partial charge in [-0.15, -0.1) is 0 Å². The topological polar surface area (TPSA) is 42.2 Å². The molecular weight excluding hydrogens is 250 g/mol. The number of benzene rings is 1. The molecule has 0 radical (unpaired) electrons. The van der Waals surface area contributed by atoms with Crippen molar-refractivity contribution in [3.8, 4) is 11.1 Å². The Balaban J connectivity index is 2.66. The van der Waals surface area contributed by atoms with Crippen LogP contribution in [-0.2, 0) is 6.54 Å². The van der Waals surface area contributed by atoms with E-state index in [4.69, 9.17) is 11.6 Å². The lowest BCUT2D eigenvalue weighted by Gasteiger charge is -2.06. The molecule has 0 saturated heterocycles. The van der Waals surface area contributed by atoms with Gasteiger partial charge in [-0.2, -0.15) is 0 Å². The molecule has 94 valence electrons. The molecule has 0 atom stereocenters. The third-order valence-electron chi connectivity index (χ3n) is 2.94. The molecule has 1 heterocycles. The van der Waals surface area contributed by atoms with Crippen LogP contribution in [0.15, 0.2) is 30.5 Å². The third kappa shape index (κ3) is 2.14. The van der Waals surface area contributed by atoms with Crippen molar-refractivity contribution in [2.24, 2.45) is 0 Å². The van der Waals surface area contributed by atoms with Gasteiger partial charge in [0, 0.05) is 23.3 Å². The zero-order valence-electron chi connectivity index (χ0n) is 10.3. The highest BCUT2D eigenvalue weighted by Crippen LogP contribution is 2.30. The maximum Gasteiger partial charge on any atom is 0.353 e. The first-order valence-corrected chi connectivity index (χ1v) is 6.11. The van der Waals surface area contributed by atoms with Crippen molar-refractivity contribution in [1.82, 2.24) is 4.57 Å². The molecule has 1 aromatic carbocycles. The summed E-state index contributed by atoms with van der Waals surface area (Å²) < 4.78 is 1.75. The first-order chi connectivity index (χ1) is 8.54. The highest BCUT2D eigenvalue weighted by atomic mass is 35.5. The molecule has 0 bridgehead atoms. The van der Waals surface area contributed by atoms with Crippen LogP contribution in [0.3, 0.4) is 0 Å². The van der Waals surface area contributed by atoms with E-state index in [0.717, 1.165) is 16.7 Å². The quantitative estimate of drug-likeness (QED) is 0.914. The van der Waals surface area contributed by atoms with Crippen LogP contribution in [0.5, 0.6) is 0 Å². The van der Waals surface area contributed by atoms with E-state index < -0.39 is 5.97 Å². The van der Waals surface area contributed by atoms with Crippen molar-refractivity contribution in [1.29, 1.82) is 0 Å². The Morgan fingerprint density at radius 2 is 1.94 bits per heavy atom. The SMILES string of the molecule is CCn1cc(C)c(-c2ccc(Cl)cc2)c1C(=O)O. The van der Waals surface area contributed by atoms with Gasteiger partial charge in [-0.25, -0.2) is 4.79 Å². The molecule has 0 spiro atoms. The van der Waals surface area contributed by atoms with Crippen LogP contribution in [-0.4, -0.2) is 15.6 Å². The zero-order chi connectivity index (χ0) is 13.3.